The average molecular weight is 475 g/mol. The smallest absolute Gasteiger partial charge is 0.255 e. The summed E-state index contributed by atoms with van der Waals surface area (Å²) >= 11 is -1.81. The third kappa shape index (κ3) is 6.71. The van der Waals surface area contributed by atoms with Gasteiger partial charge < -0.3 is 15.2 Å². The molecule has 1 heterocycles. The molecule has 1 aromatic heterocycles. The lowest BCUT2D eigenvalue weighted by Gasteiger charge is -2.08. The molecule has 8 heteroatoms. The van der Waals surface area contributed by atoms with E-state index in [4.69, 9.17) is 4.55 Å². The van der Waals surface area contributed by atoms with E-state index >= 15 is 0 Å². The SMILES string of the molecule is O=C(Nc1ccc(-c2cc(Cc3ccccc3)[nH]n2)cc1)c1cccc(CNCCS(=O)O)c1. The maximum Gasteiger partial charge on any atom is 0.255 e. The van der Waals surface area contributed by atoms with Crippen LogP contribution in [0.15, 0.2) is 84.9 Å². The fourth-order valence-corrected chi connectivity index (χ4v) is 3.88. The van der Waals surface area contributed by atoms with Crippen LogP contribution >= 0.6 is 0 Å². The molecule has 4 N–H and O–H groups in total. The molecule has 0 saturated heterocycles. The molecule has 1 atom stereocenters. The van der Waals surface area contributed by atoms with Gasteiger partial charge in [0.1, 0.15) is 0 Å². The predicted molar refractivity (Wildman–Crippen MR) is 135 cm³/mol. The van der Waals surface area contributed by atoms with Gasteiger partial charge in [-0.1, -0.05) is 54.6 Å². The van der Waals surface area contributed by atoms with Crippen LogP contribution in [0, 0.1) is 0 Å². The summed E-state index contributed by atoms with van der Waals surface area (Å²) in [5.41, 5.74) is 6.25. The van der Waals surface area contributed by atoms with Crippen molar-refractivity contribution in [3.63, 3.8) is 0 Å². The Bertz CT molecular complexity index is 1260. The van der Waals surface area contributed by atoms with Crippen LogP contribution in [-0.2, 0) is 24.0 Å². The van der Waals surface area contributed by atoms with Crippen LogP contribution in [0.1, 0.15) is 27.2 Å². The Morgan fingerprint density at radius 3 is 2.47 bits per heavy atom. The van der Waals surface area contributed by atoms with Gasteiger partial charge >= 0.3 is 0 Å². The third-order valence-corrected chi connectivity index (χ3v) is 5.83. The number of rotatable bonds is 10. The standard InChI is InChI=1S/C26H26N4O3S/c31-26(22-8-4-7-20(15-22)18-27-13-14-34(32)33)28-23-11-9-21(10-12-23)25-17-24(29-30-25)16-19-5-2-1-3-6-19/h1-12,15,17,27H,13-14,16,18H2,(H,28,31)(H,29,30)(H,32,33). The maximum atomic E-state index is 12.7. The molecular weight excluding hydrogens is 448 g/mol. The number of carbonyl (C=O) groups is 1. The van der Waals surface area contributed by atoms with Crippen LogP contribution in [0.4, 0.5) is 5.69 Å². The maximum absolute atomic E-state index is 12.7. The third-order valence-electron chi connectivity index (χ3n) is 5.28. The highest BCUT2D eigenvalue weighted by atomic mass is 32.2. The van der Waals surface area contributed by atoms with Crippen LogP contribution in [0.25, 0.3) is 11.3 Å². The minimum absolute atomic E-state index is 0.169. The summed E-state index contributed by atoms with van der Waals surface area (Å²) in [6.07, 6.45) is 0.789. The molecule has 0 aliphatic rings. The Morgan fingerprint density at radius 2 is 1.71 bits per heavy atom. The Balaban J connectivity index is 1.34. The molecule has 0 aliphatic heterocycles. The number of amides is 1. The van der Waals surface area contributed by atoms with E-state index in [2.05, 4.69) is 33.0 Å². The number of nitrogens with one attached hydrogen (secondary N) is 3. The van der Waals surface area contributed by atoms with E-state index in [0.717, 1.165) is 28.9 Å². The topological polar surface area (TPSA) is 107 Å². The molecule has 0 aliphatic carbocycles. The second-order valence-electron chi connectivity index (χ2n) is 7.88. The number of H-pyrrole nitrogens is 1. The largest absolute Gasteiger partial charge is 0.322 e. The molecule has 3 aromatic carbocycles. The lowest BCUT2D eigenvalue weighted by atomic mass is 10.1. The zero-order valence-corrected chi connectivity index (χ0v) is 19.3. The molecule has 0 radical (unpaired) electrons. The van der Waals surface area contributed by atoms with Gasteiger partial charge in [0, 0.05) is 42.0 Å². The summed E-state index contributed by atoms with van der Waals surface area (Å²) in [6, 6.07) is 27.2. The number of aromatic amines is 1. The molecule has 4 aromatic rings. The van der Waals surface area contributed by atoms with Crippen molar-refractivity contribution in [2.75, 3.05) is 17.6 Å². The average Bonchev–Trinajstić information content (AvgIpc) is 3.31. The minimum atomic E-state index is -1.81. The first-order chi connectivity index (χ1) is 16.6. The summed E-state index contributed by atoms with van der Waals surface area (Å²) < 4.78 is 19.5. The van der Waals surface area contributed by atoms with Crippen molar-refractivity contribution in [2.24, 2.45) is 0 Å². The van der Waals surface area contributed by atoms with Crippen molar-refractivity contribution in [1.82, 2.24) is 15.5 Å². The second-order valence-corrected chi connectivity index (χ2v) is 8.93. The Kier molecular flexibility index (Phi) is 7.98. The summed E-state index contributed by atoms with van der Waals surface area (Å²) in [7, 11) is 0. The van der Waals surface area contributed by atoms with Crippen LogP contribution in [0.5, 0.6) is 0 Å². The second kappa shape index (κ2) is 11.5. The first-order valence-corrected chi connectivity index (χ1v) is 12.2. The minimum Gasteiger partial charge on any atom is -0.322 e. The van der Waals surface area contributed by atoms with Crippen LogP contribution in [-0.4, -0.2) is 37.2 Å². The summed E-state index contributed by atoms with van der Waals surface area (Å²) in [5.74, 6) is -0.0287. The first kappa shape index (κ1) is 23.6. The van der Waals surface area contributed by atoms with Gasteiger partial charge in [-0.25, -0.2) is 4.21 Å². The number of hydrogen-bond donors (Lipinski definition) is 4. The Hall–Kier alpha value is -3.59. The van der Waals surface area contributed by atoms with Crippen molar-refractivity contribution >= 4 is 22.7 Å². The van der Waals surface area contributed by atoms with Gasteiger partial charge in [-0.3, -0.25) is 9.89 Å². The molecule has 1 amide bonds. The van der Waals surface area contributed by atoms with E-state index in [9.17, 15) is 9.00 Å². The summed E-state index contributed by atoms with van der Waals surface area (Å²) in [5, 5.41) is 13.5. The molecule has 0 spiro atoms. The molecule has 7 nitrogen and oxygen atoms in total. The van der Waals surface area contributed by atoms with Crippen molar-refractivity contribution < 1.29 is 13.6 Å². The number of anilines is 1. The molecule has 4 rings (SSSR count). The highest BCUT2D eigenvalue weighted by molar-refractivity contribution is 7.79. The highest BCUT2D eigenvalue weighted by Gasteiger charge is 2.09. The number of aromatic nitrogens is 2. The van der Waals surface area contributed by atoms with Crippen molar-refractivity contribution in [3.05, 3.63) is 107 Å². The van der Waals surface area contributed by atoms with Crippen molar-refractivity contribution in [2.45, 2.75) is 13.0 Å². The molecule has 174 valence electrons. The van der Waals surface area contributed by atoms with E-state index in [0.29, 0.717) is 24.3 Å². The lowest BCUT2D eigenvalue weighted by molar-refractivity contribution is 0.102. The zero-order chi connectivity index (χ0) is 23.8. The van der Waals surface area contributed by atoms with Crippen LogP contribution in [0.3, 0.4) is 0 Å². The van der Waals surface area contributed by atoms with Crippen molar-refractivity contribution in [1.29, 1.82) is 0 Å². The van der Waals surface area contributed by atoms with Crippen molar-refractivity contribution in [3.8, 4) is 11.3 Å². The van der Waals surface area contributed by atoms with Gasteiger partial charge in [-0.2, -0.15) is 5.10 Å². The summed E-state index contributed by atoms with van der Waals surface area (Å²) in [4.78, 5) is 12.7. The number of nitrogens with zero attached hydrogens (tertiary/aromatic N) is 1. The Labute approximate surface area is 200 Å². The molecule has 0 saturated carbocycles. The van der Waals surface area contributed by atoms with Gasteiger partial charge in [0.25, 0.3) is 5.91 Å². The lowest BCUT2D eigenvalue weighted by Crippen LogP contribution is -2.20. The number of benzene rings is 3. The molecule has 0 fully saturated rings. The molecular formula is C26H26N4O3S. The van der Waals surface area contributed by atoms with E-state index in [1.54, 1.807) is 6.07 Å². The fourth-order valence-electron chi connectivity index (χ4n) is 3.56. The zero-order valence-electron chi connectivity index (χ0n) is 18.5. The molecule has 1 unspecified atom stereocenters. The highest BCUT2D eigenvalue weighted by Crippen LogP contribution is 2.22. The number of carbonyl (C=O) groups excluding carboxylic acids is 1. The van der Waals surface area contributed by atoms with E-state index < -0.39 is 11.1 Å². The Morgan fingerprint density at radius 1 is 0.941 bits per heavy atom. The predicted octanol–water partition coefficient (Wildman–Crippen LogP) is 4.23. The van der Waals surface area contributed by atoms with Gasteiger partial charge in [0.15, 0.2) is 11.1 Å². The van der Waals surface area contributed by atoms with Crippen LogP contribution in [0.2, 0.25) is 0 Å². The normalized spacial score (nSPS) is 11.8. The first-order valence-electron chi connectivity index (χ1n) is 10.9. The van der Waals surface area contributed by atoms with Gasteiger partial charge in [-0.15, -0.1) is 0 Å². The van der Waals surface area contributed by atoms with E-state index in [1.807, 2.05) is 66.7 Å². The molecule has 34 heavy (non-hydrogen) atoms. The summed E-state index contributed by atoms with van der Waals surface area (Å²) in [6.45, 7) is 0.943. The fraction of sp³-hybridized carbons (Fsp3) is 0.154. The monoisotopic (exact) mass is 474 g/mol. The van der Waals surface area contributed by atoms with E-state index in [1.165, 1.54) is 5.56 Å². The van der Waals surface area contributed by atoms with Gasteiger partial charge in [-0.05, 0) is 41.5 Å². The van der Waals surface area contributed by atoms with E-state index in [-0.39, 0.29) is 11.7 Å². The number of hydrogen-bond acceptors (Lipinski definition) is 4. The molecule has 0 bridgehead atoms. The van der Waals surface area contributed by atoms with Gasteiger partial charge in [0.2, 0.25) is 0 Å². The van der Waals surface area contributed by atoms with Gasteiger partial charge in [0.05, 0.1) is 11.4 Å². The quantitative estimate of drug-likeness (QED) is 0.203. The van der Waals surface area contributed by atoms with Crippen LogP contribution < -0.4 is 10.6 Å².